The summed E-state index contributed by atoms with van der Waals surface area (Å²) in [6, 6.07) is 8.47. The number of benzene rings is 1. The molecule has 0 spiro atoms. The Kier molecular flexibility index (Phi) is 6.06. The topological polar surface area (TPSA) is 76.1 Å². The Bertz CT molecular complexity index is 1020. The van der Waals surface area contributed by atoms with Crippen molar-refractivity contribution in [3.8, 4) is 0 Å². The molecule has 6 nitrogen and oxygen atoms in total. The lowest BCUT2D eigenvalue weighted by Crippen LogP contribution is -2.30. The van der Waals surface area contributed by atoms with Crippen molar-refractivity contribution < 1.29 is 9.53 Å². The molecule has 1 atom stereocenters. The van der Waals surface area contributed by atoms with Gasteiger partial charge in [0.2, 0.25) is 0 Å². The second kappa shape index (κ2) is 8.88. The normalized spacial score (nSPS) is 15.9. The van der Waals surface area contributed by atoms with E-state index in [2.05, 4.69) is 38.8 Å². The molecule has 0 saturated heterocycles. The molecule has 2 heterocycles. The van der Waals surface area contributed by atoms with E-state index in [0.717, 1.165) is 53.8 Å². The van der Waals surface area contributed by atoms with E-state index in [1.165, 1.54) is 22.5 Å². The van der Waals surface area contributed by atoms with Gasteiger partial charge in [-0.05, 0) is 49.3 Å². The van der Waals surface area contributed by atoms with Crippen molar-refractivity contribution in [3.63, 3.8) is 0 Å². The summed E-state index contributed by atoms with van der Waals surface area (Å²) in [7, 11) is 1.70. The molecular formula is C22H26N4O2S. The molecule has 0 saturated carbocycles. The van der Waals surface area contributed by atoms with Crippen molar-refractivity contribution in [2.45, 2.75) is 38.6 Å². The van der Waals surface area contributed by atoms with Crippen LogP contribution in [0.25, 0.3) is 10.2 Å². The molecule has 4 rings (SSSR count). The summed E-state index contributed by atoms with van der Waals surface area (Å²) in [5.41, 5.74) is 3.51. The highest BCUT2D eigenvalue weighted by Gasteiger charge is 2.25. The fraction of sp³-hybridized carbons (Fsp3) is 0.409. The molecule has 0 unspecified atom stereocenters. The van der Waals surface area contributed by atoms with Crippen LogP contribution in [0.1, 0.15) is 51.7 Å². The van der Waals surface area contributed by atoms with E-state index >= 15 is 0 Å². The second-order valence-corrected chi connectivity index (χ2v) is 8.35. The Labute approximate surface area is 174 Å². The molecule has 0 aliphatic heterocycles. The summed E-state index contributed by atoms with van der Waals surface area (Å²) in [5.74, 6) is 0.749. The first-order valence-electron chi connectivity index (χ1n) is 10.0. The number of hydrogen-bond acceptors (Lipinski definition) is 6. The Morgan fingerprint density at radius 1 is 1.31 bits per heavy atom. The molecule has 7 heteroatoms. The lowest BCUT2D eigenvalue weighted by Gasteiger charge is -2.26. The Hall–Kier alpha value is -2.51. The van der Waals surface area contributed by atoms with Crippen LogP contribution in [-0.2, 0) is 11.2 Å². The van der Waals surface area contributed by atoms with Crippen LogP contribution in [0.4, 0.5) is 5.82 Å². The lowest BCUT2D eigenvalue weighted by atomic mass is 9.87. The Morgan fingerprint density at radius 3 is 3.03 bits per heavy atom. The molecule has 0 fully saturated rings. The molecule has 1 aliphatic rings. The number of ether oxygens (including phenoxy) is 1. The molecule has 0 radical (unpaired) electrons. The minimum atomic E-state index is -0.0301. The van der Waals surface area contributed by atoms with Gasteiger partial charge in [0.25, 0.3) is 5.91 Å². The molecule has 152 valence electrons. The van der Waals surface area contributed by atoms with Gasteiger partial charge in [-0.15, -0.1) is 11.3 Å². The molecule has 2 aromatic heterocycles. The highest BCUT2D eigenvalue weighted by Crippen LogP contribution is 2.35. The highest BCUT2D eigenvalue weighted by molar-refractivity contribution is 7.20. The number of rotatable bonds is 7. The minimum Gasteiger partial charge on any atom is -0.385 e. The largest absolute Gasteiger partial charge is 0.385 e. The van der Waals surface area contributed by atoms with Crippen molar-refractivity contribution in [2.24, 2.45) is 0 Å². The second-order valence-electron chi connectivity index (χ2n) is 7.35. The summed E-state index contributed by atoms with van der Waals surface area (Å²) in [6.07, 6.45) is 5.58. The zero-order valence-corrected chi connectivity index (χ0v) is 17.6. The fourth-order valence-corrected chi connectivity index (χ4v) is 5.03. The van der Waals surface area contributed by atoms with Crippen molar-refractivity contribution >= 4 is 33.3 Å². The van der Waals surface area contributed by atoms with Gasteiger partial charge in [0.05, 0.1) is 16.3 Å². The number of anilines is 1. The average Bonchev–Trinajstić information content (AvgIpc) is 3.09. The van der Waals surface area contributed by atoms with Gasteiger partial charge in [-0.2, -0.15) is 0 Å². The van der Waals surface area contributed by atoms with E-state index in [4.69, 9.17) is 4.74 Å². The first-order valence-corrected chi connectivity index (χ1v) is 10.9. The van der Waals surface area contributed by atoms with Gasteiger partial charge in [-0.1, -0.05) is 24.3 Å². The fourth-order valence-electron chi connectivity index (χ4n) is 3.97. The molecular weight excluding hydrogens is 384 g/mol. The van der Waals surface area contributed by atoms with Crippen LogP contribution in [-0.4, -0.2) is 36.1 Å². The number of aryl methyl sites for hydroxylation is 2. The Balaban J connectivity index is 1.56. The summed E-state index contributed by atoms with van der Waals surface area (Å²) < 4.78 is 5.10. The van der Waals surface area contributed by atoms with E-state index < -0.39 is 0 Å². The van der Waals surface area contributed by atoms with E-state index in [0.29, 0.717) is 11.5 Å². The molecule has 3 aromatic rings. The number of amides is 1. The van der Waals surface area contributed by atoms with Crippen LogP contribution in [0.2, 0.25) is 0 Å². The standard InChI is InChI=1S/C22H26N4O2S/c1-14-18-20(23-11-6-12-28-2)24-13-25-22(18)29-19(14)21(27)26-17-10-5-8-15-7-3-4-9-16(15)17/h3-4,7,9,13,17H,5-6,8,10-12H2,1-2H3,(H,26,27)(H,23,24,25)/t17-/m1/s1. The number of aromatic nitrogens is 2. The molecule has 0 bridgehead atoms. The number of thiophene rings is 1. The number of carbonyl (C=O) groups excluding carboxylic acids is 1. The molecule has 1 aliphatic carbocycles. The maximum Gasteiger partial charge on any atom is 0.262 e. The van der Waals surface area contributed by atoms with E-state index in [9.17, 15) is 4.79 Å². The Morgan fingerprint density at radius 2 is 2.17 bits per heavy atom. The summed E-state index contributed by atoms with van der Waals surface area (Å²) in [6.45, 7) is 3.43. The van der Waals surface area contributed by atoms with Gasteiger partial charge in [0.1, 0.15) is 17.0 Å². The number of carbonyl (C=O) groups is 1. The molecule has 2 N–H and O–H groups in total. The van der Waals surface area contributed by atoms with Gasteiger partial charge in [-0.3, -0.25) is 4.79 Å². The van der Waals surface area contributed by atoms with E-state index in [1.54, 1.807) is 13.4 Å². The van der Waals surface area contributed by atoms with Gasteiger partial charge in [0, 0.05) is 20.3 Å². The zero-order valence-electron chi connectivity index (χ0n) is 16.8. The number of fused-ring (bicyclic) bond motifs is 2. The predicted molar refractivity (Wildman–Crippen MR) is 117 cm³/mol. The van der Waals surface area contributed by atoms with Crippen LogP contribution in [0.5, 0.6) is 0 Å². The van der Waals surface area contributed by atoms with E-state index in [-0.39, 0.29) is 11.9 Å². The quantitative estimate of drug-likeness (QED) is 0.569. The summed E-state index contributed by atoms with van der Waals surface area (Å²) >= 11 is 1.43. The molecule has 29 heavy (non-hydrogen) atoms. The number of methoxy groups -OCH3 is 1. The third-order valence-corrected chi connectivity index (χ3v) is 6.62. The molecule has 1 aromatic carbocycles. The van der Waals surface area contributed by atoms with E-state index in [1.807, 2.05) is 13.0 Å². The highest BCUT2D eigenvalue weighted by atomic mass is 32.1. The maximum absolute atomic E-state index is 13.1. The third-order valence-electron chi connectivity index (χ3n) is 5.43. The molecule has 1 amide bonds. The van der Waals surface area contributed by atoms with Gasteiger partial charge in [0.15, 0.2) is 0 Å². The minimum absolute atomic E-state index is 0.0301. The van der Waals surface area contributed by atoms with Crippen molar-refractivity contribution in [1.29, 1.82) is 0 Å². The van der Waals surface area contributed by atoms with Crippen molar-refractivity contribution in [1.82, 2.24) is 15.3 Å². The third kappa shape index (κ3) is 4.11. The zero-order chi connectivity index (χ0) is 20.2. The number of nitrogens with one attached hydrogen (secondary N) is 2. The SMILES string of the molecule is COCCCNc1ncnc2sc(C(=O)N[C@@H]3CCCc4ccccc43)c(C)c12. The number of nitrogens with zero attached hydrogens (tertiary/aromatic N) is 2. The first-order chi connectivity index (χ1) is 14.2. The van der Waals surface area contributed by atoms with Crippen LogP contribution in [0, 0.1) is 6.92 Å². The summed E-state index contributed by atoms with van der Waals surface area (Å²) in [5, 5.41) is 7.55. The van der Waals surface area contributed by atoms with Gasteiger partial charge in [-0.25, -0.2) is 9.97 Å². The predicted octanol–water partition coefficient (Wildman–Crippen LogP) is 4.26. The number of hydrogen-bond donors (Lipinski definition) is 2. The maximum atomic E-state index is 13.1. The van der Waals surface area contributed by atoms with Gasteiger partial charge < -0.3 is 15.4 Å². The van der Waals surface area contributed by atoms with Crippen LogP contribution in [0.15, 0.2) is 30.6 Å². The smallest absolute Gasteiger partial charge is 0.262 e. The lowest BCUT2D eigenvalue weighted by molar-refractivity contribution is 0.0936. The summed E-state index contributed by atoms with van der Waals surface area (Å²) in [4.78, 5) is 23.5. The first kappa shape index (κ1) is 19.8. The van der Waals surface area contributed by atoms with Crippen LogP contribution >= 0.6 is 11.3 Å². The van der Waals surface area contributed by atoms with Gasteiger partial charge >= 0.3 is 0 Å². The van der Waals surface area contributed by atoms with Crippen LogP contribution < -0.4 is 10.6 Å². The average molecular weight is 411 g/mol. The van der Waals surface area contributed by atoms with Crippen LogP contribution in [0.3, 0.4) is 0 Å². The van der Waals surface area contributed by atoms with Crippen molar-refractivity contribution in [3.05, 3.63) is 52.2 Å². The van der Waals surface area contributed by atoms with Crippen molar-refractivity contribution in [2.75, 3.05) is 25.6 Å². The monoisotopic (exact) mass is 410 g/mol.